The second-order valence-corrected chi connectivity index (χ2v) is 9.41. The van der Waals surface area contributed by atoms with E-state index in [-0.39, 0.29) is 11.4 Å². The summed E-state index contributed by atoms with van der Waals surface area (Å²) in [6.07, 6.45) is 7.51. The Kier molecular flexibility index (Phi) is 4.46. The molecule has 2 aliphatic heterocycles. The van der Waals surface area contributed by atoms with Crippen LogP contribution < -0.4 is 10.5 Å². The molecular weight excluding hydrogens is 388 g/mol. The number of aryl methyl sites for hydroxylation is 1. The first-order chi connectivity index (χ1) is 14.8. The van der Waals surface area contributed by atoms with Crippen molar-refractivity contribution >= 4 is 6.02 Å². The van der Waals surface area contributed by atoms with Crippen molar-refractivity contribution in [2.75, 3.05) is 6.61 Å². The number of nitrogens with two attached hydrogens (primary N) is 1. The van der Waals surface area contributed by atoms with Gasteiger partial charge in [-0.2, -0.15) is 0 Å². The molecule has 0 saturated carbocycles. The van der Waals surface area contributed by atoms with Gasteiger partial charge < -0.3 is 15.2 Å². The summed E-state index contributed by atoms with van der Waals surface area (Å²) < 4.78 is 11.9. The summed E-state index contributed by atoms with van der Waals surface area (Å²) in [6.45, 7) is 7.06. The van der Waals surface area contributed by atoms with Crippen molar-refractivity contribution in [3.8, 4) is 22.8 Å². The molecule has 4 heterocycles. The van der Waals surface area contributed by atoms with Crippen LogP contribution in [0.5, 0.6) is 11.6 Å². The van der Waals surface area contributed by atoms with E-state index in [0.29, 0.717) is 12.5 Å². The van der Waals surface area contributed by atoms with Crippen LogP contribution in [0, 0.1) is 5.41 Å². The third-order valence-electron chi connectivity index (χ3n) is 5.87. The summed E-state index contributed by atoms with van der Waals surface area (Å²) in [6, 6.07) is 12.4. The topological polar surface area (TPSA) is 82.6 Å². The first kappa shape index (κ1) is 19.5. The summed E-state index contributed by atoms with van der Waals surface area (Å²) in [5.41, 5.74) is 10.5. The van der Waals surface area contributed by atoms with Crippen LogP contribution in [0.25, 0.3) is 11.1 Å². The normalized spacial score (nSPS) is 19.3. The summed E-state index contributed by atoms with van der Waals surface area (Å²) in [4.78, 5) is 13.7. The van der Waals surface area contributed by atoms with Gasteiger partial charge in [0.25, 0.3) is 6.02 Å². The van der Waals surface area contributed by atoms with Gasteiger partial charge >= 0.3 is 0 Å². The number of pyridine rings is 2. The zero-order valence-corrected chi connectivity index (χ0v) is 18.1. The van der Waals surface area contributed by atoms with Crippen LogP contribution in [0.4, 0.5) is 0 Å². The third kappa shape index (κ3) is 3.52. The zero-order valence-electron chi connectivity index (χ0n) is 18.1. The van der Waals surface area contributed by atoms with Crippen molar-refractivity contribution in [2.45, 2.75) is 39.2 Å². The number of hydrogen-bond acceptors (Lipinski definition) is 6. The number of rotatable bonds is 3. The van der Waals surface area contributed by atoms with Gasteiger partial charge in [-0.05, 0) is 53.6 Å². The smallest absolute Gasteiger partial charge is 0.283 e. The van der Waals surface area contributed by atoms with Crippen LogP contribution in [-0.4, -0.2) is 22.6 Å². The van der Waals surface area contributed by atoms with E-state index in [2.05, 4.69) is 42.9 Å². The minimum absolute atomic E-state index is 0.186. The molecule has 0 fully saturated rings. The largest absolute Gasteiger partial charge is 0.462 e. The van der Waals surface area contributed by atoms with E-state index in [1.807, 2.05) is 36.7 Å². The van der Waals surface area contributed by atoms with Gasteiger partial charge in [0.05, 0.1) is 5.56 Å². The number of hydrogen-bond donors (Lipinski definition) is 1. The van der Waals surface area contributed by atoms with E-state index in [1.54, 1.807) is 6.20 Å². The van der Waals surface area contributed by atoms with Crippen molar-refractivity contribution in [2.24, 2.45) is 16.1 Å². The predicted molar refractivity (Wildman–Crippen MR) is 120 cm³/mol. The standard InChI is InChI=1S/C25H26N4O2/c1-24(2,3)9-8-16-11-20-22(28-13-16)31-21-7-6-17(18-5-4-10-27-14-18)12-19(21)25(20)15-30-23(26)29-25/h4-7,10-14H,8-9,15H2,1-3H3,(H2,26,29)/t25-/m0/s1. The van der Waals surface area contributed by atoms with Crippen LogP contribution >= 0.6 is 0 Å². The summed E-state index contributed by atoms with van der Waals surface area (Å²) in [7, 11) is 0. The van der Waals surface area contributed by atoms with E-state index in [0.717, 1.165) is 46.4 Å². The average Bonchev–Trinajstić information content (AvgIpc) is 3.15. The van der Waals surface area contributed by atoms with E-state index in [4.69, 9.17) is 20.2 Å². The summed E-state index contributed by atoms with van der Waals surface area (Å²) >= 11 is 0. The molecule has 0 amide bonds. The highest BCUT2D eigenvalue weighted by atomic mass is 16.5. The fourth-order valence-corrected chi connectivity index (χ4v) is 4.14. The van der Waals surface area contributed by atoms with E-state index >= 15 is 0 Å². The van der Waals surface area contributed by atoms with Gasteiger partial charge in [0.15, 0.2) is 5.54 Å². The monoisotopic (exact) mass is 414 g/mol. The minimum Gasteiger partial charge on any atom is -0.462 e. The maximum Gasteiger partial charge on any atom is 0.283 e. The number of ether oxygens (including phenoxy) is 2. The molecule has 2 N–H and O–H groups in total. The molecule has 2 aromatic heterocycles. The summed E-state index contributed by atoms with van der Waals surface area (Å²) in [5.74, 6) is 1.28. The average molecular weight is 415 g/mol. The van der Waals surface area contributed by atoms with Crippen LogP contribution in [0.1, 0.15) is 43.9 Å². The first-order valence-corrected chi connectivity index (χ1v) is 10.5. The molecule has 0 aliphatic carbocycles. The Hall–Kier alpha value is -3.41. The van der Waals surface area contributed by atoms with Crippen molar-refractivity contribution < 1.29 is 9.47 Å². The Labute approximate surface area is 182 Å². The number of aliphatic imine (C=N–C) groups is 1. The number of fused-ring (bicyclic) bond motifs is 4. The number of aromatic nitrogens is 2. The molecule has 0 radical (unpaired) electrons. The molecule has 1 atom stereocenters. The molecule has 6 nitrogen and oxygen atoms in total. The van der Waals surface area contributed by atoms with Crippen LogP contribution in [0.15, 0.2) is 60.0 Å². The molecule has 2 aliphatic rings. The maximum atomic E-state index is 6.20. The van der Waals surface area contributed by atoms with Gasteiger partial charge in [-0.25, -0.2) is 9.98 Å². The van der Waals surface area contributed by atoms with Gasteiger partial charge in [-0.3, -0.25) is 4.98 Å². The molecular formula is C25H26N4O2. The highest BCUT2D eigenvalue weighted by Crippen LogP contribution is 2.51. The van der Waals surface area contributed by atoms with Gasteiger partial charge in [-0.15, -0.1) is 0 Å². The number of nitrogens with zero attached hydrogens (tertiary/aromatic N) is 3. The second-order valence-electron chi connectivity index (χ2n) is 9.41. The fourth-order valence-electron chi connectivity index (χ4n) is 4.14. The maximum absolute atomic E-state index is 6.20. The quantitative estimate of drug-likeness (QED) is 0.665. The molecule has 6 heteroatoms. The Morgan fingerprint density at radius 2 is 1.94 bits per heavy atom. The lowest BCUT2D eigenvalue weighted by Crippen LogP contribution is -2.31. The Morgan fingerprint density at radius 1 is 1.06 bits per heavy atom. The lowest BCUT2D eigenvalue weighted by molar-refractivity contribution is 0.262. The predicted octanol–water partition coefficient (Wildman–Crippen LogP) is 4.82. The number of amidine groups is 1. The Balaban J connectivity index is 1.63. The lowest BCUT2D eigenvalue weighted by atomic mass is 9.80. The SMILES string of the molecule is CC(C)(C)CCc1cnc2c(c1)[C@]1(COC(N)=N1)c1cc(-c3cccnc3)ccc1O2. The van der Waals surface area contributed by atoms with E-state index in [9.17, 15) is 0 Å². The third-order valence-corrected chi connectivity index (χ3v) is 5.87. The van der Waals surface area contributed by atoms with Crippen molar-refractivity contribution in [1.29, 1.82) is 0 Å². The first-order valence-electron chi connectivity index (χ1n) is 10.5. The van der Waals surface area contributed by atoms with E-state index in [1.165, 1.54) is 0 Å². The van der Waals surface area contributed by atoms with Gasteiger partial charge in [0, 0.05) is 29.7 Å². The lowest BCUT2D eigenvalue weighted by Gasteiger charge is -2.33. The summed E-state index contributed by atoms with van der Waals surface area (Å²) in [5, 5.41) is 0. The van der Waals surface area contributed by atoms with Gasteiger partial charge in [-0.1, -0.05) is 32.9 Å². The molecule has 158 valence electrons. The van der Waals surface area contributed by atoms with E-state index < -0.39 is 5.54 Å². The van der Waals surface area contributed by atoms with Crippen molar-refractivity contribution in [3.05, 3.63) is 71.7 Å². The molecule has 0 saturated heterocycles. The zero-order chi connectivity index (χ0) is 21.6. The molecule has 31 heavy (non-hydrogen) atoms. The van der Waals surface area contributed by atoms with Crippen LogP contribution in [0.2, 0.25) is 0 Å². The minimum atomic E-state index is -0.768. The Bertz CT molecular complexity index is 1170. The van der Waals surface area contributed by atoms with Gasteiger partial charge in [0.1, 0.15) is 12.4 Å². The van der Waals surface area contributed by atoms with Crippen molar-refractivity contribution in [3.63, 3.8) is 0 Å². The Morgan fingerprint density at radius 3 is 2.65 bits per heavy atom. The van der Waals surface area contributed by atoms with Crippen molar-refractivity contribution in [1.82, 2.24) is 9.97 Å². The van der Waals surface area contributed by atoms with Gasteiger partial charge in [0.2, 0.25) is 5.88 Å². The number of benzene rings is 1. The molecule has 1 spiro atoms. The van der Waals surface area contributed by atoms with Crippen LogP contribution in [-0.2, 0) is 16.7 Å². The molecule has 0 bridgehead atoms. The highest BCUT2D eigenvalue weighted by molar-refractivity contribution is 5.77. The molecule has 0 unspecified atom stereocenters. The molecule has 3 aromatic rings. The highest BCUT2D eigenvalue weighted by Gasteiger charge is 2.47. The fraction of sp³-hybridized carbons (Fsp3) is 0.320. The second kappa shape index (κ2) is 7.08. The molecule has 5 rings (SSSR count). The van der Waals surface area contributed by atoms with Crippen LogP contribution in [0.3, 0.4) is 0 Å². The molecule has 1 aromatic carbocycles.